The minimum atomic E-state index is -3.65. The van der Waals surface area contributed by atoms with Crippen molar-refractivity contribution in [1.29, 1.82) is 0 Å². The maximum atomic E-state index is 13.2. The SMILES string of the molecule is CCCCc1ncc(S(=O)(=O)c2ccc(Br)cc2)cc1N(CC)c1ccccc1. The van der Waals surface area contributed by atoms with Crippen LogP contribution in [0.25, 0.3) is 0 Å². The van der Waals surface area contributed by atoms with Gasteiger partial charge in [-0.2, -0.15) is 0 Å². The second kappa shape index (κ2) is 9.55. The van der Waals surface area contributed by atoms with Gasteiger partial charge in [0.05, 0.1) is 21.2 Å². The summed E-state index contributed by atoms with van der Waals surface area (Å²) in [6, 6.07) is 18.5. The second-order valence-electron chi connectivity index (χ2n) is 6.78. The number of halogens is 1. The third kappa shape index (κ3) is 4.87. The summed E-state index contributed by atoms with van der Waals surface area (Å²) in [4.78, 5) is 7.19. The van der Waals surface area contributed by atoms with Crippen molar-refractivity contribution >= 4 is 37.1 Å². The zero-order valence-corrected chi connectivity index (χ0v) is 19.1. The number of nitrogens with zero attached hydrogens (tertiary/aromatic N) is 2. The molecule has 0 spiro atoms. The highest BCUT2D eigenvalue weighted by molar-refractivity contribution is 9.10. The number of hydrogen-bond acceptors (Lipinski definition) is 4. The summed E-state index contributed by atoms with van der Waals surface area (Å²) in [6.07, 6.45) is 4.36. The molecule has 0 unspecified atom stereocenters. The number of sulfone groups is 1. The number of anilines is 2. The number of aryl methyl sites for hydroxylation is 1. The summed E-state index contributed by atoms with van der Waals surface area (Å²) in [5, 5.41) is 0. The van der Waals surface area contributed by atoms with Gasteiger partial charge in [0.15, 0.2) is 0 Å². The standard InChI is InChI=1S/C23H25BrN2O2S/c1-3-5-11-22-23(26(4-2)19-9-7-6-8-10-19)16-21(17-25-22)29(27,28)20-14-12-18(24)13-15-20/h6-10,12-17H,3-5,11H2,1-2H3. The van der Waals surface area contributed by atoms with Crippen LogP contribution in [0.3, 0.4) is 0 Å². The first-order chi connectivity index (χ1) is 14.0. The molecular weight excluding hydrogens is 448 g/mol. The smallest absolute Gasteiger partial charge is 0.208 e. The van der Waals surface area contributed by atoms with E-state index in [1.54, 1.807) is 30.3 Å². The Kier molecular flexibility index (Phi) is 7.09. The van der Waals surface area contributed by atoms with Gasteiger partial charge in [-0.3, -0.25) is 4.98 Å². The summed E-state index contributed by atoms with van der Waals surface area (Å²) in [5.74, 6) is 0. The molecule has 0 atom stereocenters. The van der Waals surface area contributed by atoms with E-state index in [0.29, 0.717) is 6.54 Å². The van der Waals surface area contributed by atoms with Gasteiger partial charge in [-0.25, -0.2) is 8.42 Å². The van der Waals surface area contributed by atoms with Crippen LogP contribution in [0.4, 0.5) is 11.4 Å². The minimum Gasteiger partial charge on any atom is -0.340 e. The summed E-state index contributed by atoms with van der Waals surface area (Å²) in [6.45, 7) is 4.92. The first kappa shape index (κ1) is 21.5. The van der Waals surface area contributed by atoms with Gasteiger partial charge in [0.25, 0.3) is 0 Å². The van der Waals surface area contributed by atoms with Gasteiger partial charge in [0.1, 0.15) is 0 Å². The van der Waals surface area contributed by atoms with Gasteiger partial charge in [0.2, 0.25) is 9.84 Å². The molecule has 3 rings (SSSR count). The maximum absolute atomic E-state index is 13.2. The fourth-order valence-corrected chi connectivity index (χ4v) is 4.72. The van der Waals surface area contributed by atoms with Crippen LogP contribution in [-0.2, 0) is 16.3 Å². The van der Waals surface area contributed by atoms with Crippen molar-refractivity contribution in [1.82, 2.24) is 4.98 Å². The molecule has 0 aliphatic carbocycles. The lowest BCUT2D eigenvalue weighted by Gasteiger charge is -2.26. The molecule has 0 aliphatic heterocycles. The van der Waals surface area contributed by atoms with Gasteiger partial charge in [-0.15, -0.1) is 0 Å². The molecule has 152 valence electrons. The molecule has 0 amide bonds. The van der Waals surface area contributed by atoms with Gasteiger partial charge < -0.3 is 4.90 Å². The van der Waals surface area contributed by atoms with Crippen molar-refractivity contribution in [2.24, 2.45) is 0 Å². The number of pyridine rings is 1. The summed E-state index contributed by atoms with van der Waals surface area (Å²) in [7, 11) is -3.65. The van der Waals surface area contributed by atoms with Crippen molar-refractivity contribution in [3.8, 4) is 0 Å². The van der Waals surface area contributed by atoms with E-state index in [2.05, 4.69) is 39.7 Å². The molecule has 0 radical (unpaired) electrons. The second-order valence-corrected chi connectivity index (χ2v) is 9.64. The van der Waals surface area contributed by atoms with E-state index in [-0.39, 0.29) is 9.79 Å². The Labute approximate surface area is 181 Å². The van der Waals surface area contributed by atoms with E-state index in [1.165, 1.54) is 6.20 Å². The lowest BCUT2D eigenvalue weighted by Crippen LogP contribution is -2.19. The molecule has 0 N–H and O–H groups in total. The molecule has 4 nitrogen and oxygen atoms in total. The first-order valence-corrected chi connectivity index (χ1v) is 12.1. The Morgan fingerprint density at radius 3 is 2.28 bits per heavy atom. The van der Waals surface area contributed by atoms with Gasteiger partial charge in [-0.05, 0) is 62.2 Å². The van der Waals surface area contributed by atoms with Crippen LogP contribution < -0.4 is 4.90 Å². The fourth-order valence-electron chi connectivity index (χ4n) is 3.23. The van der Waals surface area contributed by atoms with Gasteiger partial charge in [0, 0.05) is 22.9 Å². The minimum absolute atomic E-state index is 0.212. The zero-order chi connectivity index (χ0) is 20.9. The molecule has 3 aromatic rings. The van der Waals surface area contributed by atoms with E-state index in [9.17, 15) is 8.42 Å². The van der Waals surface area contributed by atoms with Crippen LogP contribution >= 0.6 is 15.9 Å². The van der Waals surface area contributed by atoms with Crippen molar-refractivity contribution < 1.29 is 8.42 Å². The molecule has 29 heavy (non-hydrogen) atoms. The Hall–Kier alpha value is -2.18. The van der Waals surface area contributed by atoms with Crippen molar-refractivity contribution in [3.05, 3.63) is 77.0 Å². The quantitative estimate of drug-likeness (QED) is 0.392. The van der Waals surface area contributed by atoms with Crippen LogP contribution in [0.15, 0.2) is 81.1 Å². The summed E-state index contributed by atoms with van der Waals surface area (Å²) >= 11 is 3.35. The fraction of sp³-hybridized carbons (Fsp3) is 0.261. The number of benzene rings is 2. The van der Waals surface area contributed by atoms with E-state index in [4.69, 9.17) is 0 Å². The molecule has 1 heterocycles. The molecule has 0 fully saturated rings. The summed E-state index contributed by atoms with van der Waals surface area (Å²) < 4.78 is 27.2. The number of rotatable bonds is 8. The van der Waals surface area contributed by atoms with Crippen molar-refractivity contribution in [2.45, 2.75) is 42.9 Å². The molecule has 0 aliphatic rings. The molecule has 0 saturated carbocycles. The van der Waals surface area contributed by atoms with Gasteiger partial charge >= 0.3 is 0 Å². The lowest BCUT2D eigenvalue weighted by atomic mass is 10.1. The van der Waals surface area contributed by atoms with Crippen molar-refractivity contribution in [3.63, 3.8) is 0 Å². The topological polar surface area (TPSA) is 50.3 Å². The number of unbranched alkanes of at least 4 members (excludes halogenated alkanes) is 1. The maximum Gasteiger partial charge on any atom is 0.208 e. The molecular formula is C23H25BrN2O2S. The average Bonchev–Trinajstić information content (AvgIpc) is 2.74. The number of hydrogen-bond donors (Lipinski definition) is 0. The van der Waals surface area contributed by atoms with Crippen LogP contribution in [0.1, 0.15) is 32.4 Å². The molecule has 2 aromatic carbocycles. The third-order valence-electron chi connectivity index (χ3n) is 4.80. The Morgan fingerprint density at radius 2 is 1.66 bits per heavy atom. The predicted octanol–water partition coefficient (Wildman–Crippen LogP) is 6.18. The molecule has 0 bridgehead atoms. The van der Waals surface area contributed by atoms with E-state index >= 15 is 0 Å². The highest BCUT2D eigenvalue weighted by Crippen LogP contribution is 2.32. The Bertz CT molecular complexity index is 1050. The normalized spacial score (nSPS) is 11.4. The Morgan fingerprint density at radius 1 is 0.966 bits per heavy atom. The predicted molar refractivity (Wildman–Crippen MR) is 122 cm³/mol. The van der Waals surface area contributed by atoms with Crippen LogP contribution in [0.2, 0.25) is 0 Å². The molecule has 6 heteroatoms. The third-order valence-corrected chi connectivity index (χ3v) is 7.06. The number of aromatic nitrogens is 1. The van der Waals surface area contributed by atoms with Gasteiger partial charge in [-0.1, -0.05) is 47.5 Å². The van der Waals surface area contributed by atoms with Crippen LogP contribution in [0, 0.1) is 0 Å². The first-order valence-electron chi connectivity index (χ1n) is 9.79. The van der Waals surface area contributed by atoms with E-state index in [0.717, 1.165) is 40.8 Å². The average molecular weight is 473 g/mol. The van der Waals surface area contributed by atoms with Crippen molar-refractivity contribution in [2.75, 3.05) is 11.4 Å². The highest BCUT2D eigenvalue weighted by Gasteiger charge is 2.22. The Balaban J connectivity index is 2.11. The zero-order valence-electron chi connectivity index (χ0n) is 16.7. The van der Waals surface area contributed by atoms with Crippen LogP contribution in [-0.4, -0.2) is 19.9 Å². The summed E-state index contributed by atoms with van der Waals surface area (Å²) in [5.41, 5.74) is 2.80. The van der Waals surface area contributed by atoms with Crippen LogP contribution in [0.5, 0.6) is 0 Å². The lowest BCUT2D eigenvalue weighted by molar-refractivity contribution is 0.595. The monoisotopic (exact) mass is 472 g/mol. The largest absolute Gasteiger partial charge is 0.340 e. The number of para-hydroxylation sites is 1. The molecule has 0 saturated heterocycles. The van der Waals surface area contributed by atoms with E-state index in [1.807, 2.05) is 30.3 Å². The highest BCUT2D eigenvalue weighted by atomic mass is 79.9. The molecule has 1 aromatic heterocycles. The van der Waals surface area contributed by atoms with E-state index < -0.39 is 9.84 Å².